The van der Waals surface area contributed by atoms with Crippen LogP contribution in [0.25, 0.3) is 0 Å². The zero-order valence-corrected chi connectivity index (χ0v) is 9.09. The Labute approximate surface area is 89.3 Å². The third-order valence-electron chi connectivity index (χ3n) is 2.14. The largest absolute Gasteiger partial charge is 0.326 e. The van der Waals surface area contributed by atoms with Crippen LogP contribution in [0.5, 0.6) is 0 Å². The van der Waals surface area contributed by atoms with Crippen LogP contribution in [0.2, 0.25) is 0 Å². The Balaban J connectivity index is 2.62. The molecule has 3 heteroatoms. The predicted molar refractivity (Wildman–Crippen MR) is 58.2 cm³/mol. The molecule has 0 heterocycles. The minimum Gasteiger partial charge on any atom is -0.326 e. The normalized spacial score (nSPS) is 11.5. The molecule has 0 aliphatic rings. The van der Waals surface area contributed by atoms with Crippen LogP contribution in [0.1, 0.15) is 37.0 Å². The fourth-order valence-corrected chi connectivity index (χ4v) is 1.24. The van der Waals surface area contributed by atoms with Crippen LogP contribution in [0.4, 0.5) is 4.39 Å². The minimum absolute atomic E-state index is 0.0620. The number of rotatable bonds is 4. The molecule has 0 aromatic heterocycles. The number of carbonyl (C=O) groups is 1. The molecule has 0 radical (unpaired) electrons. The molecule has 15 heavy (non-hydrogen) atoms. The van der Waals surface area contributed by atoms with Crippen molar-refractivity contribution in [3.8, 4) is 0 Å². The van der Waals surface area contributed by atoms with Crippen molar-refractivity contribution >= 4 is 5.78 Å². The molecule has 0 amide bonds. The number of hydrogen-bond donors (Lipinski definition) is 1. The van der Waals surface area contributed by atoms with Crippen LogP contribution in [-0.2, 0) is 0 Å². The molecule has 0 aliphatic heterocycles. The maximum Gasteiger partial charge on any atom is 0.163 e. The van der Waals surface area contributed by atoms with Crippen LogP contribution in [0.3, 0.4) is 0 Å². The van der Waals surface area contributed by atoms with Gasteiger partial charge in [-0.3, -0.25) is 4.79 Å². The molecule has 1 rings (SSSR count). The van der Waals surface area contributed by atoms with Crippen molar-refractivity contribution < 1.29 is 9.18 Å². The molecule has 0 atom stereocenters. The van der Waals surface area contributed by atoms with Gasteiger partial charge in [0.25, 0.3) is 0 Å². The molecule has 1 aromatic carbocycles. The summed E-state index contributed by atoms with van der Waals surface area (Å²) in [5.74, 6) is -0.444. The first kappa shape index (κ1) is 11.9. The number of hydrogen-bond acceptors (Lipinski definition) is 2. The lowest BCUT2D eigenvalue weighted by molar-refractivity contribution is 0.0972. The average Bonchev–Trinajstić information content (AvgIpc) is 2.13. The molecule has 0 fully saturated rings. The Kier molecular flexibility index (Phi) is 3.58. The summed E-state index contributed by atoms with van der Waals surface area (Å²) in [4.78, 5) is 11.6. The van der Waals surface area contributed by atoms with E-state index in [1.165, 1.54) is 18.2 Å². The second-order valence-electron chi connectivity index (χ2n) is 4.42. The minimum atomic E-state index is -0.382. The van der Waals surface area contributed by atoms with Gasteiger partial charge in [0.1, 0.15) is 5.82 Å². The van der Waals surface area contributed by atoms with E-state index >= 15 is 0 Å². The quantitative estimate of drug-likeness (QED) is 0.774. The number of carbonyl (C=O) groups excluding carboxylic acids is 1. The second-order valence-corrected chi connectivity index (χ2v) is 4.42. The topological polar surface area (TPSA) is 43.1 Å². The molecule has 2 N–H and O–H groups in total. The fraction of sp³-hybridized carbons (Fsp3) is 0.417. The van der Waals surface area contributed by atoms with Gasteiger partial charge in [-0.15, -0.1) is 0 Å². The summed E-state index contributed by atoms with van der Waals surface area (Å²) < 4.78 is 12.8. The molecule has 0 aliphatic carbocycles. The molecule has 2 nitrogen and oxygen atoms in total. The third-order valence-corrected chi connectivity index (χ3v) is 2.14. The first-order valence-electron chi connectivity index (χ1n) is 4.96. The van der Waals surface area contributed by atoms with E-state index in [2.05, 4.69) is 0 Å². The van der Waals surface area contributed by atoms with Gasteiger partial charge >= 0.3 is 0 Å². The monoisotopic (exact) mass is 209 g/mol. The smallest absolute Gasteiger partial charge is 0.163 e. The van der Waals surface area contributed by atoms with Crippen LogP contribution in [-0.4, -0.2) is 11.3 Å². The highest BCUT2D eigenvalue weighted by atomic mass is 19.1. The highest BCUT2D eigenvalue weighted by Gasteiger charge is 2.14. The van der Waals surface area contributed by atoms with Crippen LogP contribution >= 0.6 is 0 Å². The Morgan fingerprint density at radius 2 is 2.13 bits per heavy atom. The van der Waals surface area contributed by atoms with Gasteiger partial charge in [-0.05, 0) is 32.4 Å². The molecular weight excluding hydrogens is 193 g/mol. The van der Waals surface area contributed by atoms with E-state index < -0.39 is 0 Å². The fourth-order valence-electron chi connectivity index (χ4n) is 1.24. The van der Waals surface area contributed by atoms with Gasteiger partial charge in [0.15, 0.2) is 5.78 Å². The van der Waals surface area contributed by atoms with Crippen molar-refractivity contribution in [1.82, 2.24) is 0 Å². The summed E-state index contributed by atoms with van der Waals surface area (Å²) in [5, 5.41) is 0. The molecule has 0 unspecified atom stereocenters. The van der Waals surface area contributed by atoms with Crippen molar-refractivity contribution in [2.24, 2.45) is 5.73 Å². The number of benzene rings is 1. The van der Waals surface area contributed by atoms with E-state index in [0.717, 1.165) is 0 Å². The van der Waals surface area contributed by atoms with Crippen molar-refractivity contribution in [2.75, 3.05) is 0 Å². The lowest BCUT2D eigenvalue weighted by Gasteiger charge is -2.17. The molecule has 0 bridgehead atoms. The molecule has 0 saturated carbocycles. The van der Waals surface area contributed by atoms with E-state index in [9.17, 15) is 9.18 Å². The Bertz CT molecular complexity index is 355. The van der Waals surface area contributed by atoms with Gasteiger partial charge < -0.3 is 5.73 Å². The zero-order valence-electron chi connectivity index (χ0n) is 9.09. The Morgan fingerprint density at radius 3 is 2.67 bits per heavy atom. The lowest BCUT2D eigenvalue weighted by Crippen LogP contribution is -2.32. The predicted octanol–water partition coefficient (Wildman–Crippen LogP) is 2.53. The first-order valence-corrected chi connectivity index (χ1v) is 4.96. The number of ketones is 1. The molecule has 0 spiro atoms. The standard InChI is InChI=1S/C12H16FNO/c1-12(2,14)7-6-11(15)9-4-3-5-10(13)8-9/h3-5,8H,6-7,14H2,1-2H3. The van der Waals surface area contributed by atoms with Gasteiger partial charge in [-0.25, -0.2) is 4.39 Å². The van der Waals surface area contributed by atoms with Gasteiger partial charge in [0.2, 0.25) is 0 Å². The van der Waals surface area contributed by atoms with E-state index in [1.807, 2.05) is 13.8 Å². The Hall–Kier alpha value is -1.22. The van der Waals surface area contributed by atoms with Crippen molar-refractivity contribution in [1.29, 1.82) is 0 Å². The maximum absolute atomic E-state index is 12.8. The van der Waals surface area contributed by atoms with Gasteiger partial charge in [0, 0.05) is 17.5 Å². The van der Waals surface area contributed by atoms with E-state index in [0.29, 0.717) is 18.4 Å². The number of Topliss-reactive ketones (excluding diaryl/α,β-unsaturated/α-hetero) is 1. The summed E-state index contributed by atoms with van der Waals surface area (Å²) in [7, 11) is 0. The van der Waals surface area contributed by atoms with Crippen LogP contribution in [0.15, 0.2) is 24.3 Å². The maximum atomic E-state index is 12.8. The van der Waals surface area contributed by atoms with Crippen LogP contribution < -0.4 is 5.73 Å². The van der Waals surface area contributed by atoms with Crippen molar-refractivity contribution in [3.05, 3.63) is 35.6 Å². The SMILES string of the molecule is CC(C)(N)CCC(=O)c1cccc(F)c1. The first-order chi connectivity index (χ1) is 6.88. The van der Waals surface area contributed by atoms with Gasteiger partial charge in [0.05, 0.1) is 0 Å². The van der Waals surface area contributed by atoms with E-state index in [-0.39, 0.29) is 17.1 Å². The van der Waals surface area contributed by atoms with Crippen molar-refractivity contribution in [3.63, 3.8) is 0 Å². The summed E-state index contributed by atoms with van der Waals surface area (Å²) in [6.45, 7) is 3.73. The molecular formula is C12H16FNO. The van der Waals surface area contributed by atoms with E-state index in [4.69, 9.17) is 5.73 Å². The molecule has 0 saturated heterocycles. The van der Waals surface area contributed by atoms with E-state index in [1.54, 1.807) is 6.07 Å². The summed E-state index contributed by atoms with van der Waals surface area (Å²) >= 11 is 0. The third kappa shape index (κ3) is 4.21. The molecule has 1 aromatic rings. The highest BCUT2D eigenvalue weighted by Crippen LogP contribution is 2.12. The second kappa shape index (κ2) is 4.53. The Morgan fingerprint density at radius 1 is 1.47 bits per heavy atom. The summed E-state index contributed by atoms with van der Waals surface area (Å²) in [6.07, 6.45) is 0.954. The number of halogens is 1. The summed E-state index contributed by atoms with van der Waals surface area (Å²) in [5.41, 5.74) is 5.82. The van der Waals surface area contributed by atoms with Gasteiger partial charge in [-0.2, -0.15) is 0 Å². The van der Waals surface area contributed by atoms with Crippen molar-refractivity contribution in [2.45, 2.75) is 32.2 Å². The van der Waals surface area contributed by atoms with Crippen LogP contribution in [0, 0.1) is 5.82 Å². The summed E-state index contributed by atoms with van der Waals surface area (Å²) in [6, 6.07) is 5.74. The van der Waals surface area contributed by atoms with Gasteiger partial charge in [-0.1, -0.05) is 12.1 Å². The lowest BCUT2D eigenvalue weighted by atomic mass is 9.96. The zero-order chi connectivity index (χ0) is 11.5. The highest BCUT2D eigenvalue weighted by molar-refractivity contribution is 5.96. The molecule has 82 valence electrons. The average molecular weight is 209 g/mol. The number of nitrogens with two attached hydrogens (primary N) is 1.